The monoisotopic (exact) mass is 290 g/mol. The van der Waals surface area contributed by atoms with Crippen molar-refractivity contribution in [3.05, 3.63) is 54.0 Å². The number of furan rings is 1. The molecule has 0 radical (unpaired) electrons. The fourth-order valence-corrected chi connectivity index (χ4v) is 3.14. The van der Waals surface area contributed by atoms with Crippen LogP contribution in [0.25, 0.3) is 17.2 Å². The lowest BCUT2D eigenvalue weighted by molar-refractivity contribution is -0.658. The lowest BCUT2D eigenvalue weighted by Gasteiger charge is -2.21. The number of hydrogen-bond donors (Lipinski definition) is 0. The van der Waals surface area contributed by atoms with Crippen molar-refractivity contribution in [3.63, 3.8) is 0 Å². The number of pyridine rings is 2. The molecule has 0 aromatic carbocycles. The van der Waals surface area contributed by atoms with Gasteiger partial charge in [-0.1, -0.05) is 0 Å². The van der Waals surface area contributed by atoms with Gasteiger partial charge in [0.05, 0.1) is 19.4 Å². The zero-order chi connectivity index (χ0) is 15.3. The van der Waals surface area contributed by atoms with Crippen LogP contribution in [0, 0.1) is 6.92 Å². The molecule has 4 heterocycles. The molecule has 0 fully saturated rings. The topological polar surface area (TPSA) is 33.2 Å². The van der Waals surface area contributed by atoms with Crippen molar-refractivity contribution < 1.29 is 8.98 Å². The number of anilines is 1. The Morgan fingerprint density at radius 3 is 2.95 bits per heavy atom. The van der Waals surface area contributed by atoms with Crippen molar-refractivity contribution in [2.75, 3.05) is 4.81 Å². The Bertz CT molecular complexity index is 900. The van der Waals surface area contributed by atoms with E-state index in [2.05, 4.69) is 71.8 Å². The number of aromatic nitrogens is 2. The van der Waals surface area contributed by atoms with Gasteiger partial charge in [-0.05, 0) is 43.6 Å². The minimum Gasteiger partial charge on any atom is -0.447 e. The van der Waals surface area contributed by atoms with Gasteiger partial charge >= 0.3 is 6.85 Å². The molecule has 0 aliphatic carbocycles. The van der Waals surface area contributed by atoms with Crippen molar-refractivity contribution in [3.8, 4) is 0 Å². The van der Waals surface area contributed by atoms with E-state index in [1.54, 1.807) is 6.20 Å². The van der Waals surface area contributed by atoms with Gasteiger partial charge in [-0.3, -0.25) is 4.81 Å². The molecule has 0 saturated carbocycles. The Labute approximate surface area is 129 Å². The number of rotatable bonds is 1. The van der Waals surface area contributed by atoms with Crippen LogP contribution in [-0.2, 0) is 7.05 Å². The van der Waals surface area contributed by atoms with E-state index in [0.29, 0.717) is 5.71 Å². The highest BCUT2D eigenvalue weighted by atomic mass is 16.3. The molecule has 0 bridgehead atoms. The molecule has 22 heavy (non-hydrogen) atoms. The SMILES string of the molecule is CB1c2oc3ncccc3c2C=CN1c1ccc(C)c[n+]1C. The maximum absolute atomic E-state index is 6.00. The average molecular weight is 290 g/mol. The molecule has 0 N–H and O–H groups in total. The van der Waals surface area contributed by atoms with E-state index in [9.17, 15) is 0 Å². The van der Waals surface area contributed by atoms with E-state index >= 15 is 0 Å². The maximum atomic E-state index is 6.00. The van der Waals surface area contributed by atoms with Crippen molar-refractivity contribution in [1.29, 1.82) is 0 Å². The Balaban J connectivity index is 1.84. The lowest BCUT2D eigenvalue weighted by atomic mass is 9.58. The number of nitrogens with zero attached hydrogens (tertiary/aromatic N) is 3. The normalized spacial score (nSPS) is 13.8. The highest BCUT2D eigenvalue weighted by molar-refractivity contribution is 6.76. The van der Waals surface area contributed by atoms with E-state index in [0.717, 1.165) is 22.4 Å². The zero-order valence-electron chi connectivity index (χ0n) is 12.9. The van der Waals surface area contributed by atoms with Gasteiger partial charge in [0.1, 0.15) is 5.66 Å². The van der Waals surface area contributed by atoms with Crippen LogP contribution in [0.15, 0.2) is 47.3 Å². The predicted octanol–water partition coefficient (Wildman–Crippen LogP) is 2.28. The quantitative estimate of drug-likeness (QED) is 0.509. The molecule has 0 unspecified atom stereocenters. The first kappa shape index (κ1) is 13.1. The summed E-state index contributed by atoms with van der Waals surface area (Å²) in [6.45, 7) is 4.38. The highest BCUT2D eigenvalue weighted by Gasteiger charge is 2.37. The van der Waals surface area contributed by atoms with Gasteiger partial charge in [0.15, 0.2) is 0 Å². The molecular formula is C17H17BN3O+. The van der Waals surface area contributed by atoms with Crippen molar-refractivity contribution in [2.45, 2.75) is 13.7 Å². The van der Waals surface area contributed by atoms with Gasteiger partial charge in [0.2, 0.25) is 5.71 Å². The standard InChI is InChI=1S/C17H17BN3O/c1-12-6-7-15(20(3)11-12)21-10-8-13-14-5-4-9-19-17(14)22-16(13)18(21)2/h4-11H,1-3H3/q+1. The molecule has 0 atom stereocenters. The van der Waals surface area contributed by atoms with E-state index in [1.165, 1.54) is 5.56 Å². The number of hydrogen-bond acceptors (Lipinski definition) is 3. The largest absolute Gasteiger partial charge is 0.447 e. The lowest BCUT2D eigenvalue weighted by Crippen LogP contribution is -2.50. The second-order valence-electron chi connectivity index (χ2n) is 5.81. The van der Waals surface area contributed by atoms with Gasteiger partial charge < -0.3 is 4.42 Å². The molecule has 3 aromatic heterocycles. The van der Waals surface area contributed by atoms with Crippen molar-refractivity contribution in [2.24, 2.45) is 7.05 Å². The summed E-state index contributed by atoms with van der Waals surface area (Å²) >= 11 is 0. The van der Waals surface area contributed by atoms with Crippen LogP contribution in [0.5, 0.6) is 0 Å². The third kappa shape index (κ3) is 1.85. The number of aryl methyl sites for hydroxylation is 2. The van der Waals surface area contributed by atoms with Crippen LogP contribution < -0.4 is 15.0 Å². The zero-order valence-corrected chi connectivity index (χ0v) is 12.9. The molecule has 4 nitrogen and oxygen atoms in total. The van der Waals surface area contributed by atoms with Crippen LogP contribution in [0.1, 0.15) is 11.1 Å². The summed E-state index contributed by atoms with van der Waals surface area (Å²) in [4.78, 5) is 6.55. The van der Waals surface area contributed by atoms with Gasteiger partial charge in [-0.25, -0.2) is 9.55 Å². The molecule has 4 rings (SSSR count). The molecule has 3 aromatic rings. The first-order valence-corrected chi connectivity index (χ1v) is 7.45. The van der Waals surface area contributed by atoms with E-state index in [4.69, 9.17) is 4.42 Å². The summed E-state index contributed by atoms with van der Waals surface area (Å²) in [6.07, 6.45) is 8.14. The van der Waals surface area contributed by atoms with Crippen LogP contribution in [0.3, 0.4) is 0 Å². The smallest absolute Gasteiger partial charge is 0.447 e. The van der Waals surface area contributed by atoms with Crippen LogP contribution in [0.2, 0.25) is 6.82 Å². The molecule has 0 amide bonds. The summed E-state index contributed by atoms with van der Waals surface area (Å²) in [5, 5.41) is 1.08. The summed E-state index contributed by atoms with van der Waals surface area (Å²) in [5.41, 5.74) is 4.06. The first-order chi connectivity index (χ1) is 10.6. The first-order valence-electron chi connectivity index (χ1n) is 7.45. The molecular weight excluding hydrogens is 273 g/mol. The fourth-order valence-electron chi connectivity index (χ4n) is 3.14. The number of fused-ring (bicyclic) bond motifs is 3. The summed E-state index contributed by atoms with van der Waals surface area (Å²) in [5.74, 6) is 1.13. The average Bonchev–Trinajstić information content (AvgIpc) is 2.88. The van der Waals surface area contributed by atoms with Crippen LogP contribution in [-0.4, -0.2) is 11.8 Å². The van der Waals surface area contributed by atoms with E-state index in [1.807, 2.05) is 6.07 Å². The Morgan fingerprint density at radius 1 is 1.27 bits per heavy atom. The summed E-state index contributed by atoms with van der Waals surface area (Å²) < 4.78 is 8.15. The van der Waals surface area contributed by atoms with Crippen molar-refractivity contribution in [1.82, 2.24) is 4.98 Å². The minimum atomic E-state index is 0.128. The van der Waals surface area contributed by atoms with Crippen LogP contribution >= 0.6 is 0 Å². The molecule has 5 heteroatoms. The van der Waals surface area contributed by atoms with Crippen LogP contribution in [0.4, 0.5) is 5.82 Å². The Kier molecular flexibility index (Phi) is 2.82. The van der Waals surface area contributed by atoms with Gasteiger partial charge in [0.25, 0.3) is 5.82 Å². The van der Waals surface area contributed by atoms with E-state index < -0.39 is 0 Å². The predicted molar refractivity (Wildman–Crippen MR) is 89.1 cm³/mol. The molecule has 0 saturated heterocycles. The molecule has 1 aliphatic heterocycles. The third-order valence-electron chi connectivity index (χ3n) is 4.25. The molecule has 0 spiro atoms. The Hall–Kier alpha value is -2.56. The van der Waals surface area contributed by atoms with Gasteiger partial charge in [0, 0.05) is 23.2 Å². The van der Waals surface area contributed by atoms with E-state index in [-0.39, 0.29) is 6.85 Å². The molecule has 1 aliphatic rings. The van der Waals surface area contributed by atoms with Crippen molar-refractivity contribution >= 4 is 35.5 Å². The highest BCUT2D eigenvalue weighted by Crippen LogP contribution is 2.25. The summed E-state index contributed by atoms with van der Waals surface area (Å²) in [6, 6.07) is 8.28. The second-order valence-corrected chi connectivity index (χ2v) is 5.81. The van der Waals surface area contributed by atoms with Gasteiger partial charge in [-0.15, -0.1) is 0 Å². The Morgan fingerprint density at radius 2 is 2.14 bits per heavy atom. The van der Waals surface area contributed by atoms with Gasteiger partial charge in [-0.2, -0.15) is 0 Å². The second kappa shape index (κ2) is 4.73. The fraction of sp³-hybridized carbons (Fsp3) is 0.176. The molecule has 108 valence electrons. The third-order valence-corrected chi connectivity index (χ3v) is 4.25. The maximum Gasteiger partial charge on any atom is 0.447 e. The minimum absolute atomic E-state index is 0.128. The summed E-state index contributed by atoms with van der Waals surface area (Å²) in [7, 11) is 2.07.